The summed E-state index contributed by atoms with van der Waals surface area (Å²) in [6.07, 6.45) is 0. The molecule has 0 spiro atoms. The monoisotopic (exact) mass is 264 g/mol. The minimum Gasteiger partial charge on any atom is -0.377 e. The van der Waals surface area contributed by atoms with Crippen molar-refractivity contribution in [3.8, 4) is 0 Å². The first-order chi connectivity index (χ1) is 8.52. The van der Waals surface area contributed by atoms with Gasteiger partial charge in [-0.25, -0.2) is 22.0 Å². The van der Waals surface area contributed by atoms with Crippen LogP contribution in [0.3, 0.4) is 0 Å². The Balaban J connectivity index is 1.92. The summed E-state index contributed by atoms with van der Waals surface area (Å²) >= 11 is 0. The van der Waals surface area contributed by atoms with Crippen molar-refractivity contribution in [2.45, 2.75) is 6.04 Å². The van der Waals surface area contributed by atoms with Crippen LogP contribution in [0.4, 0.5) is 27.6 Å². The molecular formula is C11H9F5N2. The molecule has 0 bridgehead atoms. The van der Waals surface area contributed by atoms with Crippen molar-refractivity contribution in [3.63, 3.8) is 0 Å². The Hall–Kier alpha value is -1.37. The Morgan fingerprint density at radius 1 is 0.778 bits per heavy atom. The van der Waals surface area contributed by atoms with Gasteiger partial charge in [-0.15, -0.1) is 0 Å². The summed E-state index contributed by atoms with van der Waals surface area (Å²) in [6, 6.07) is -0.223. The first-order valence-electron chi connectivity index (χ1n) is 5.51. The molecule has 1 heterocycles. The number of rotatable bonds is 2. The second-order valence-electron chi connectivity index (χ2n) is 4.60. The van der Waals surface area contributed by atoms with Gasteiger partial charge in [0.15, 0.2) is 23.3 Å². The van der Waals surface area contributed by atoms with Crippen LogP contribution in [0.15, 0.2) is 0 Å². The molecule has 2 N–H and O–H groups in total. The molecule has 2 aliphatic rings. The maximum Gasteiger partial charge on any atom is 0.200 e. The van der Waals surface area contributed by atoms with Gasteiger partial charge in [-0.2, -0.15) is 0 Å². The predicted octanol–water partition coefficient (Wildman–Crippen LogP) is 2.01. The normalized spacial score (nSPS) is 29.3. The topological polar surface area (TPSA) is 24.1 Å². The van der Waals surface area contributed by atoms with Gasteiger partial charge in [-0.1, -0.05) is 0 Å². The van der Waals surface area contributed by atoms with Gasteiger partial charge < -0.3 is 10.6 Å². The molecule has 2 atom stereocenters. The van der Waals surface area contributed by atoms with Crippen molar-refractivity contribution >= 4 is 5.69 Å². The minimum atomic E-state index is -2.13. The third kappa shape index (κ3) is 1.50. The van der Waals surface area contributed by atoms with Gasteiger partial charge in [0.1, 0.15) is 5.69 Å². The Labute approximate surface area is 99.2 Å². The molecule has 98 valence electrons. The van der Waals surface area contributed by atoms with E-state index in [1.165, 1.54) is 0 Å². The number of hydrogen-bond donors (Lipinski definition) is 2. The average Bonchev–Trinajstić information content (AvgIpc) is 2.79. The van der Waals surface area contributed by atoms with E-state index in [1.54, 1.807) is 0 Å². The minimum absolute atomic E-state index is 0.194. The molecule has 18 heavy (non-hydrogen) atoms. The van der Waals surface area contributed by atoms with E-state index < -0.39 is 34.8 Å². The van der Waals surface area contributed by atoms with Crippen molar-refractivity contribution < 1.29 is 22.0 Å². The predicted molar refractivity (Wildman–Crippen MR) is 53.5 cm³/mol. The molecule has 2 unspecified atom stereocenters. The molecule has 1 aliphatic heterocycles. The largest absolute Gasteiger partial charge is 0.377 e. The van der Waals surface area contributed by atoms with Crippen molar-refractivity contribution in [3.05, 3.63) is 29.1 Å². The summed E-state index contributed by atoms with van der Waals surface area (Å²) in [7, 11) is 0. The first-order valence-corrected chi connectivity index (χ1v) is 5.51. The van der Waals surface area contributed by atoms with Gasteiger partial charge in [0.25, 0.3) is 0 Å². The Morgan fingerprint density at radius 2 is 1.22 bits per heavy atom. The van der Waals surface area contributed by atoms with Crippen LogP contribution in [0.25, 0.3) is 0 Å². The van der Waals surface area contributed by atoms with E-state index in [0.717, 1.165) is 0 Å². The molecule has 1 saturated heterocycles. The third-order valence-electron chi connectivity index (χ3n) is 3.61. The summed E-state index contributed by atoms with van der Waals surface area (Å²) in [5.41, 5.74) is -0.925. The Kier molecular flexibility index (Phi) is 2.48. The zero-order valence-corrected chi connectivity index (χ0v) is 9.04. The van der Waals surface area contributed by atoms with E-state index in [0.29, 0.717) is 13.1 Å². The number of benzene rings is 1. The standard InChI is InChI=1S/C11H9F5N2/c12-5-6(13)8(15)11(9(16)7(5)14)18-10-3-1-17-2-4(3)10/h3-4,10,17-18H,1-2H2. The van der Waals surface area contributed by atoms with Crippen LogP contribution < -0.4 is 10.6 Å². The summed E-state index contributed by atoms with van der Waals surface area (Å²) in [6.45, 7) is 1.38. The van der Waals surface area contributed by atoms with E-state index in [2.05, 4.69) is 10.6 Å². The van der Waals surface area contributed by atoms with Gasteiger partial charge in [0.05, 0.1) is 0 Å². The van der Waals surface area contributed by atoms with Gasteiger partial charge in [0.2, 0.25) is 5.82 Å². The molecule has 0 aromatic heterocycles. The van der Waals surface area contributed by atoms with Gasteiger partial charge in [-0.3, -0.25) is 0 Å². The molecule has 1 aliphatic carbocycles. The number of halogens is 5. The molecule has 2 nitrogen and oxygen atoms in total. The second kappa shape index (κ2) is 3.81. The van der Waals surface area contributed by atoms with Crippen LogP contribution in [0.5, 0.6) is 0 Å². The van der Waals surface area contributed by atoms with Crippen molar-refractivity contribution in [2.24, 2.45) is 11.8 Å². The van der Waals surface area contributed by atoms with Crippen LogP contribution >= 0.6 is 0 Å². The fourth-order valence-electron chi connectivity index (χ4n) is 2.53. The van der Waals surface area contributed by atoms with Gasteiger partial charge >= 0.3 is 0 Å². The van der Waals surface area contributed by atoms with Crippen LogP contribution in [0.1, 0.15) is 0 Å². The Morgan fingerprint density at radius 3 is 1.72 bits per heavy atom. The van der Waals surface area contributed by atoms with Gasteiger partial charge in [0, 0.05) is 19.1 Å². The van der Waals surface area contributed by atoms with Crippen molar-refractivity contribution in [2.75, 3.05) is 18.4 Å². The van der Waals surface area contributed by atoms with E-state index in [9.17, 15) is 22.0 Å². The number of nitrogens with one attached hydrogen (secondary N) is 2. The molecule has 0 amide bonds. The highest BCUT2D eigenvalue weighted by Crippen LogP contribution is 2.44. The summed E-state index contributed by atoms with van der Waals surface area (Å²) in [5, 5.41) is 5.49. The highest BCUT2D eigenvalue weighted by atomic mass is 19.2. The van der Waals surface area contributed by atoms with Crippen molar-refractivity contribution in [1.82, 2.24) is 5.32 Å². The molecule has 1 saturated carbocycles. The highest BCUT2D eigenvalue weighted by Gasteiger charge is 2.53. The number of hydrogen-bond acceptors (Lipinski definition) is 2. The van der Waals surface area contributed by atoms with Crippen LogP contribution in [-0.2, 0) is 0 Å². The lowest BCUT2D eigenvalue weighted by atomic mass is 10.2. The van der Waals surface area contributed by atoms with E-state index in [4.69, 9.17) is 0 Å². The smallest absolute Gasteiger partial charge is 0.200 e. The zero-order chi connectivity index (χ0) is 13.0. The van der Waals surface area contributed by atoms with Crippen LogP contribution in [0, 0.1) is 40.9 Å². The summed E-state index contributed by atoms with van der Waals surface area (Å²) < 4.78 is 65.5. The lowest BCUT2D eigenvalue weighted by Crippen LogP contribution is -2.23. The molecule has 1 aromatic carbocycles. The lowest BCUT2D eigenvalue weighted by molar-refractivity contribution is 0.381. The second-order valence-corrected chi connectivity index (χ2v) is 4.60. The molecular weight excluding hydrogens is 255 g/mol. The molecule has 2 fully saturated rings. The van der Waals surface area contributed by atoms with Crippen LogP contribution in [0.2, 0.25) is 0 Å². The number of fused-ring (bicyclic) bond motifs is 1. The average molecular weight is 264 g/mol. The quantitative estimate of drug-likeness (QED) is 0.485. The third-order valence-corrected chi connectivity index (χ3v) is 3.61. The maximum atomic E-state index is 13.4. The zero-order valence-electron chi connectivity index (χ0n) is 9.04. The summed E-state index contributed by atoms with van der Waals surface area (Å²) in [5.74, 6) is -9.18. The highest BCUT2D eigenvalue weighted by molar-refractivity contribution is 5.50. The van der Waals surface area contributed by atoms with Crippen LogP contribution in [-0.4, -0.2) is 19.1 Å². The lowest BCUT2D eigenvalue weighted by Gasteiger charge is -2.12. The SMILES string of the molecule is Fc1c(F)c(F)c(NC2C3CNCC32)c(F)c1F. The molecule has 3 rings (SSSR count). The number of piperidine rings is 1. The number of anilines is 1. The van der Waals surface area contributed by atoms with E-state index >= 15 is 0 Å². The first kappa shape index (κ1) is 11.7. The molecule has 1 aromatic rings. The molecule has 7 heteroatoms. The van der Waals surface area contributed by atoms with E-state index in [1.807, 2.05) is 0 Å². The van der Waals surface area contributed by atoms with Gasteiger partial charge in [-0.05, 0) is 11.8 Å². The maximum absolute atomic E-state index is 13.4. The fraction of sp³-hybridized carbons (Fsp3) is 0.455. The van der Waals surface area contributed by atoms with E-state index in [-0.39, 0.29) is 17.9 Å². The fourth-order valence-corrected chi connectivity index (χ4v) is 2.53. The van der Waals surface area contributed by atoms with Crippen molar-refractivity contribution in [1.29, 1.82) is 0 Å². The summed E-state index contributed by atoms with van der Waals surface area (Å²) in [4.78, 5) is 0. The Bertz CT molecular complexity index is 480. The molecule has 0 radical (unpaired) electrons.